The van der Waals surface area contributed by atoms with Gasteiger partial charge in [0.15, 0.2) is 0 Å². The molecule has 1 aromatic rings. The van der Waals surface area contributed by atoms with Gasteiger partial charge in [-0.05, 0) is 31.1 Å². The number of ether oxygens (including phenoxy) is 2. The normalized spacial score (nSPS) is 14.1. The second-order valence-corrected chi connectivity index (χ2v) is 4.30. The number of allylic oxidation sites excluding steroid dienone is 2. The molecule has 0 aliphatic heterocycles. The molecule has 0 fully saturated rings. The number of carbonyl (C=O) groups excluding carboxylic acids is 1. The Morgan fingerprint density at radius 1 is 1.20 bits per heavy atom. The van der Waals surface area contributed by atoms with Crippen LogP contribution >= 0.6 is 0 Å². The fourth-order valence-electron chi connectivity index (χ4n) is 1.97. The topological polar surface area (TPSA) is 67.8 Å². The van der Waals surface area contributed by atoms with Crippen LogP contribution < -0.4 is 14.8 Å². The van der Waals surface area contributed by atoms with E-state index >= 15 is 0 Å². The van der Waals surface area contributed by atoms with E-state index < -0.39 is 0 Å². The van der Waals surface area contributed by atoms with Gasteiger partial charge in [-0.2, -0.15) is 0 Å². The molecule has 5 heteroatoms. The van der Waals surface area contributed by atoms with E-state index in [0.29, 0.717) is 17.2 Å². The molecule has 0 aromatic heterocycles. The van der Waals surface area contributed by atoms with Crippen LogP contribution in [0.25, 0.3) is 0 Å². The van der Waals surface area contributed by atoms with E-state index in [0.717, 1.165) is 12.8 Å². The number of carbonyl (C=O) groups is 1. The highest BCUT2D eigenvalue weighted by atomic mass is 16.5. The third-order valence-corrected chi connectivity index (χ3v) is 3.03. The fourth-order valence-corrected chi connectivity index (χ4v) is 1.97. The van der Waals surface area contributed by atoms with Crippen molar-refractivity contribution >= 4 is 11.6 Å². The lowest BCUT2D eigenvalue weighted by Crippen LogP contribution is -2.17. The molecule has 0 atom stereocenters. The van der Waals surface area contributed by atoms with Crippen molar-refractivity contribution in [1.29, 1.82) is 0 Å². The quantitative estimate of drug-likeness (QED) is 0.886. The Morgan fingerprint density at radius 2 is 1.95 bits per heavy atom. The zero-order valence-electron chi connectivity index (χ0n) is 11.5. The zero-order valence-corrected chi connectivity index (χ0v) is 11.5. The standard InChI is InChI=1S/C15H17NO4/c1-19-10-7-8-14(20-2)12(9-10)16-15(18)11-5-3-4-6-13(11)17/h5-9,17H,3-4H2,1-2H3,(H,16,18). The van der Waals surface area contributed by atoms with Crippen molar-refractivity contribution in [3.8, 4) is 11.5 Å². The maximum absolute atomic E-state index is 12.2. The number of hydrogen-bond acceptors (Lipinski definition) is 4. The number of anilines is 1. The lowest BCUT2D eigenvalue weighted by atomic mass is 10.0. The predicted octanol–water partition coefficient (Wildman–Crippen LogP) is 2.80. The molecule has 0 bridgehead atoms. The summed E-state index contributed by atoms with van der Waals surface area (Å²) in [6, 6.07) is 5.12. The lowest BCUT2D eigenvalue weighted by Gasteiger charge is -2.14. The van der Waals surface area contributed by atoms with Crippen molar-refractivity contribution in [2.24, 2.45) is 0 Å². The summed E-state index contributed by atoms with van der Waals surface area (Å²) in [5.41, 5.74) is 0.775. The number of aliphatic hydroxyl groups excluding tert-OH is 1. The van der Waals surface area contributed by atoms with Gasteiger partial charge in [0.05, 0.1) is 25.5 Å². The number of methoxy groups -OCH3 is 2. The van der Waals surface area contributed by atoms with Gasteiger partial charge in [0.2, 0.25) is 0 Å². The molecule has 0 radical (unpaired) electrons. The van der Waals surface area contributed by atoms with Crippen molar-refractivity contribution in [2.45, 2.75) is 12.8 Å². The second-order valence-electron chi connectivity index (χ2n) is 4.30. The van der Waals surface area contributed by atoms with Crippen molar-refractivity contribution in [2.75, 3.05) is 19.5 Å². The van der Waals surface area contributed by atoms with Crippen molar-refractivity contribution in [3.05, 3.63) is 41.7 Å². The summed E-state index contributed by atoms with van der Waals surface area (Å²) in [7, 11) is 3.07. The van der Waals surface area contributed by atoms with Crippen molar-refractivity contribution in [3.63, 3.8) is 0 Å². The summed E-state index contributed by atoms with van der Waals surface area (Å²) in [6.07, 6.45) is 4.84. The Hall–Kier alpha value is -2.43. The van der Waals surface area contributed by atoms with E-state index in [2.05, 4.69) is 5.32 Å². The Balaban J connectivity index is 2.23. The van der Waals surface area contributed by atoms with E-state index in [1.807, 2.05) is 0 Å². The molecule has 2 rings (SSSR count). The fraction of sp³-hybridized carbons (Fsp3) is 0.267. The Morgan fingerprint density at radius 3 is 2.60 bits per heavy atom. The molecular formula is C15H17NO4. The van der Waals surface area contributed by atoms with E-state index in [9.17, 15) is 9.90 Å². The van der Waals surface area contributed by atoms with Gasteiger partial charge >= 0.3 is 0 Å². The Bertz CT molecular complexity index is 575. The zero-order chi connectivity index (χ0) is 14.5. The third-order valence-electron chi connectivity index (χ3n) is 3.03. The average molecular weight is 275 g/mol. The van der Waals surface area contributed by atoms with Gasteiger partial charge in [-0.25, -0.2) is 0 Å². The number of aliphatic hydroxyl groups is 1. The third kappa shape index (κ3) is 2.93. The smallest absolute Gasteiger partial charge is 0.259 e. The molecule has 1 aliphatic rings. The van der Waals surface area contributed by atoms with Crippen LogP contribution in [0, 0.1) is 0 Å². The van der Waals surface area contributed by atoms with Crippen LogP contribution in [0.15, 0.2) is 41.7 Å². The number of hydrogen-bond donors (Lipinski definition) is 2. The second kappa shape index (κ2) is 6.14. The highest BCUT2D eigenvalue weighted by molar-refractivity contribution is 6.07. The van der Waals surface area contributed by atoms with Crippen LogP contribution in [-0.2, 0) is 4.79 Å². The van der Waals surface area contributed by atoms with Gasteiger partial charge in [-0.3, -0.25) is 4.79 Å². The molecular weight excluding hydrogens is 258 g/mol. The number of amides is 1. The van der Waals surface area contributed by atoms with E-state index in [4.69, 9.17) is 9.47 Å². The first kappa shape index (κ1) is 14.0. The van der Waals surface area contributed by atoms with Gasteiger partial charge < -0.3 is 19.9 Å². The average Bonchev–Trinajstić information content (AvgIpc) is 2.47. The minimum atomic E-state index is -0.370. The number of rotatable bonds is 4. The summed E-state index contributed by atoms with van der Waals surface area (Å²) in [4.78, 5) is 12.2. The maximum Gasteiger partial charge on any atom is 0.259 e. The molecule has 20 heavy (non-hydrogen) atoms. The molecule has 5 nitrogen and oxygen atoms in total. The van der Waals surface area contributed by atoms with Gasteiger partial charge in [0.1, 0.15) is 17.3 Å². The minimum Gasteiger partial charge on any atom is -0.507 e. The first-order valence-electron chi connectivity index (χ1n) is 6.28. The Kier molecular flexibility index (Phi) is 4.30. The molecule has 0 saturated carbocycles. The molecule has 0 saturated heterocycles. The minimum absolute atomic E-state index is 0.00983. The van der Waals surface area contributed by atoms with Gasteiger partial charge in [-0.15, -0.1) is 0 Å². The molecule has 1 aromatic carbocycles. The molecule has 106 valence electrons. The monoisotopic (exact) mass is 275 g/mol. The summed E-state index contributed by atoms with van der Waals surface area (Å²) in [5, 5.41) is 12.4. The summed E-state index contributed by atoms with van der Waals surface area (Å²) >= 11 is 0. The lowest BCUT2D eigenvalue weighted by molar-refractivity contribution is -0.112. The molecule has 0 heterocycles. The van der Waals surface area contributed by atoms with Crippen LogP contribution in [0.4, 0.5) is 5.69 Å². The van der Waals surface area contributed by atoms with E-state index in [1.165, 1.54) is 7.11 Å². The maximum atomic E-state index is 12.2. The number of nitrogens with one attached hydrogen (secondary N) is 1. The Labute approximate surface area is 117 Å². The van der Waals surface area contributed by atoms with Crippen LogP contribution in [0.5, 0.6) is 11.5 Å². The number of benzene rings is 1. The van der Waals surface area contributed by atoms with Gasteiger partial charge in [0.25, 0.3) is 5.91 Å². The van der Waals surface area contributed by atoms with Crippen LogP contribution in [0.1, 0.15) is 12.8 Å². The van der Waals surface area contributed by atoms with Crippen LogP contribution in [-0.4, -0.2) is 25.2 Å². The highest BCUT2D eigenvalue weighted by Gasteiger charge is 2.17. The summed E-state index contributed by atoms with van der Waals surface area (Å²) in [5.74, 6) is 0.776. The first-order chi connectivity index (χ1) is 9.65. The van der Waals surface area contributed by atoms with Crippen LogP contribution in [0.3, 0.4) is 0 Å². The molecule has 1 aliphatic carbocycles. The van der Waals surface area contributed by atoms with E-state index in [1.54, 1.807) is 37.5 Å². The van der Waals surface area contributed by atoms with Gasteiger partial charge in [-0.1, -0.05) is 6.08 Å². The molecule has 1 amide bonds. The molecule has 2 N–H and O–H groups in total. The largest absolute Gasteiger partial charge is 0.507 e. The van der Waals surface area contributed by atoms with Gasteiger partial charge in [0, 0.05) is 6.07 Å². The SMILES string of the molecule is COc1ccc(OC)c(NC(=O)C2=CCCC=C2O)c1. The summed E-state index contributed by atoms with van der Waals surface area (Å²) in [6.45, 7) is 0. The summed E-state index contributed by atoms with van der Waals surface area (Å²) < 4.78 is 10.3. The molecule has 0 unspecified atom stereocenters. The van der Waals surface area contributed by atoms with Crippen molar-refractivity contribution < 1.29 is 19.4 Å². The molecule has 0 spiro atoms. The highest BCUT2D eigenvalue weighted by Crippen LogP contribution is 2.30. The predicted molar refractivity (Wildman–Crippen MR) is 76.2 cm³/mol. The van der Waals surface area contributed by atoms with E-state index in [-0.39, 0.29) is 17.2 Å². The van der Waals surface area contributed by atoms with Crippen molar-refractivity contribution in [1.82, 2.24) is 0 Å². The first-order valence-corrected chi connectivity index (χ1v) is 6.28. The van der Waals surface area contributed by atoms with Crippen LogP contribution in [0.2, 0.25) is 0 Å².